The summed E-state index contributed by atoms with van der Waals surface area (Å²) in [5.74, 6) is 0. The van der Waals surface area contributed by atoms with Crippen LogP contribution >= 0.6 is 0 Å². The Morgan fingerprint density at radius 1 is 0.538 bits per heavy atom. The highest BCUT2D eigenvalue weighted by Crippen LogP contribution is 2.16. The highest BCUT2D eigenvalue weighted by molar-refractivity contribution is 4.61. The van der Waals surface area contributed by atoms with Gasteiger partial charge in [-0.15, -0.1) is 0 Å². The van der Waals surface area contributed by atoms with Gasteiger partial charge < -0.3 is 9.84 Å². The van der Waals surface area contributed by atoms with Gasteiger partial charge >= 0.3 is 0 Å². The summed E-state index contributed by atoms with van der Waals surface area (Å²) in [5.41, 5.74) is 0. The summed E-state index contributed by atoms with van der Waals surface area (Å²) in [6, 6.07) is 0. The fourth-order valence-electron chi connectivity index (χ4n) is 3.66. The molecule has 0 heterocycles. The molecule has 26 heavy (non-hydrogen) atoms. The van der Waals surface area contributed by atoms with E-state index in [2.05, 4.69) is 20.8 Å². The molecule has 158 valence electrons. The second-order valence-electron chi connectivity index (χ2n) is 8.19. The van der Waals surface area contributed by atoms with Crippen molar-refractivity contribution in [2.45, 2.75) is 149 Å². The Morgan fingerprint density at radius 2 is 1.04 bits per heavy atom. The molecule has 0 bridgehead atoms. The van der Waals surface area contributed by atoms with Gasteiger partial charge in [0, 0.05) is 6.61 Å². The smallest absolute Gasteiger partial charge is 0.0575 e. The maximum absolute atomic E-state index is 10.1. The molecule has 0 spiro atoms. The lowest BCUT2D eigenvalue weighted by atomic mass is 10.0. The molecule has 0 amide bonds. The number of hydrogen-bond acceptors (Lipinski definition) is 2. The maximum Gasteiger partial charge on any atom is 0.0575 e. The highest BCUT2D eigenvalue weighted by atomic mass is 16.5. The van der Waals surface area contributed by atoms with E-state index in [9.17, 15) is 5.11 Å². The van der Waals surface area contributed by atoms with Gasteiger partial charge in [0.05, 0.1) is 12.2 Å². The third-order valence-electron chi connectivity index (χ3n) is 5.42. The molecule has 2 heteroatoms. The monoisotopic (exact) mass is 370 g/mol. The quantitative estimate of drug-likeness (QED) is 0.209. The van der Waals surface area contributed by atoms with Crippen molar-refractivity contribution in [1.82, 2.24) is 0 Å². The highest BCUT2D eigenvalue weighted by Gasteiger charge is 2.09. The lowest BCUT2D eigenvalue weighted by Crippen LogP contribution is -2.15. The third kappa shape index (κ3) is 18.7. The van der Waals surface area contributed by atoms with Crippen LogP contribution < -0.4 is 0 Å². The van der Waals surface area contributed by atoms with Gasteiger partial charge in [0.2, 0.25) is 0 Å². The van der Waals surface area contributed by atoms with Crippen molar-refractivity contribution >= 4 is 0 Å². The number of rotatable bonds is 21. The average Bonchev–Trinajstić information content (AvgIpc) is 2.64. The molecule has 2 unspecified atom stereocenters. The van der Waals surface area contributed by atoms with Gasteiger partial charge in [-0.25, -0.2) is 0 Å². The van der Waals surface area contributed by atoms with Gasteiger partial charge in [-0.1, -0.05) is 104 Å². The predicted octanol–water partition coefficient (Wildman–Crippen LogP) is 7.81. The van der Waals surface area contributed by atoms with Gasteiger partial charge in [0.25, 0.3) is 0 Å². The Labute approximate surface area is 165 Å². The van der Waals surface area contributed by atoms with E-state index >= 15 is 0 Å². The Hall–Kier alpha value is -0.0800. The van der Waals surface area contributed by atoms with Crippen LogP contribution in [0, 0.1) is 0 Å². The van der Waals surface area contributed by atoms with E-state index in [1.807, 2.05) is 0 Å². The normalized spacial score (nSPS) is 13.8. The first-order chi connectivity index (χ1) is 12.7. The van der Waals surface area contributed by atoms with E-state index < -0.39 is 0 Å². The first kappa shape index (κ1) is 25.9. The molecule has 0 saturated heterocycles. The van der Waals surface area contributed by atoms with Crippen LogP contribution in [0.4, 0.5) is 0 Å². The second-order valence-corrected chi connectivity index (χ2v) is 8.19. The SMILES string of the molecule is CCCCCCCCC(O)CCCOC(CCC)CCCCCCCC. The van der Waals surface area contributed by atoms with Crippen LogP contribution in [0.2, 0.25) is 0 Å². The zero-order chi connectivity index (χ0) is 19.3. The van der Waals surface area contributed by atoms with Crippen LogP contribution in [0.15, 0.2) is 0 Å². The van der Waals surface area contributed by atoms with Crippen molar-refractivity contribution in [2.24, 2.45) is 0 Å². The molecule has 2 atom stereocenters. The van der Waals surface area contributed by atoms with Crippen molar-refractivity contribution in [2.75, 3.05) is 6.61 Å². The average molecular weight is 371 g/mol. The summed E-state index contributed by atoms with van der Waals surface area (Å²) < 4.78 is 6.12. The molecular weight excluding hydrogens is 320 g/mol. The molecule has 0 aliphatic rings. The molecule has 0 saturated carbocycles. The maximum atomic E-state index is 10.1. The summed E-state index contributed by atoms with van der Waals surface area (Å²) in [4.78, 5) is 0. The summed E-state index contributed by atoms with van der Waals surface area (Å²) in [6.45, 7) is 7.61. The van der Waals surface area contributed by atoms with E-state index in [1.165, 1.54) is 96.3 Å². The van der Waals surface area contributed by atoms with E-state index in [0.29, 0.717) is 6.10 Å². The Bertz CT molecular complexity index is 255. The van der Waals surface area contributed by atoms with Crippen LogP contribution in [0.3, 0.4) is 0 Å². The van der Waals surface area contributed by atoms with E-state index in [4.69, 9.17) is 4.74 Å². The fraction of sp³-hybridized carbons (Fsp3) is 1.00. The molecule has 0 aromatic heterocycles. The minimum atomic E-state index is -0.118. The summed E-state index contributed by atoms with van der Waals surface area (Å²) >= 11 is 0. The van der Waals surface area contributed by atoms with Crippen LogP contribution in [-0.2, 0) is 4.74 Å². The number of unbranched alkanes of at least 4 members (excludes halogenated alkanes) is 10. The van der Waals surface area contributed by atoms with Gasteiger partial charge in [-0.2, -0.15) is 0 Å². The fourth-order valence-corrected chi connectivity index (χ4v) is 3.66. The molecule has 0 aromatic rings. The minimum absolute atomic E-state index is 0.118. The van der Waals surface area contributed by atoms with Crippen LogP contribution in [0.25, 0.3) is 0 Å². The van der Waals surface area contributed by atoms with Crippen molar-refractivity contribution in [3.63, 3.8) is 0 Å². The third-order valence-corrected chi connectivity index (χ3v) is 5.42. The van der Waals surface area contributed by atoms with E-state index in [1.54, 1.807) is 0 Å². The second kappa shape index (κ2) is 21.2. The summed E-state index contributed by atoms with van der Waals surface area (Å²) in [6.07, 6.45) is 22.8. The molecule has 0 rings (SSSR count). The van der Waals surface area contributed by atoms with Crippen molar-refractivity contribution in [1.29, 1.82) is 0 Å². The minimum Gasteiger partial charge on any atom is -0.393 e. The van der Waals surface area contributed by atoms with E-state index in [-0.39, 0.29) is 6.10 Å². The topological polar surface area (TPSA) is 29.5 Å². The molecule has 0 radical (unpaired) electrons. The lowest BCUT2D eigenvalue weighted by Gasteiger charge is -2.18. The Morgan fingerprint density at radius 3 is 1.62 bits per heavy atom. The molecule has 0 aromatic carbocycles. The molecule has 0 aliphatic carbocycles. The van der Waals surface area contributed by atoms with Gasteiger partial charge in [-0.3, -0.25) is 0 Å². The molecule has 2 nitrogen and oxygen atoms in total. The summed E-state index contributed by atoms with van der Waals surface area (Å²) in [5, 5.41) is 10.1. The number of hydrogen-bond donors (Lipinski definition) is 1. The standard InChI is InChI=1S/C24H50O2/c1-4-7-9-11-13-15-19-23(25)20-17-22-26-24(18-6-3)21-16-14-12-10-8-5-2/h23-25H,4-22H2,1-3H3. The zero-order valence-electron chi connectivity index (χ0n) is 18.4. The molecule has 1 N–H and O–H groups in total. The van der Waals surface area contributed by atoms with Crippen LogP contribution in [-0.4, -0.2) is 23.9 Å². The van der Waals surface area contributed by atoms with Gasteiger partial charge in [0.1, 0.15) is 0 Å². The van der Waals surface area contributed by atoms with E-state index in [0.717, 1.165) is 25.9 Å². The Kier molecular flexibility index (Phi) is 21.2. The molecule has 0 aliphatic heterocycles. The lowest BCUT2D eigenvalue weighted by molar-refractivity contribution is 0.0303. The Balaban J connectivity index is 3.56. The first-order valence-electron chi connectivity index (χ1n) is 12.0. The number of aliphatic hydroxyl groups is 1. The van der Waals surface area contributed by atoms with Crippen LogP contribution in [0.5, 0.6) is 0 Å². The van der Waals surface area contributed by atoms with Gasteiger partial charge in [-0.05, 0) is 32.1 Å². The number of ether oxygens (including phenoxy) is 1. The largest absolute Gasteiger partial charge is 0.393 e. The zero-order valence-corrected chi connectivity index (χ0v) is 18.4. The number of aliphatic hydroxyl groups excluding tert-OH is 1. The molecular formula is C24H50O2. The van der Waals surface area contributed by atoms with Crippen molar-refractivity contribution in [3.8, 4) is 0 Å². The van der Waals surface area contributed by atoms with Crippen molar-refractivity contribution in [3.05, 3.63) is 0 Å². The van der Waals surface area contributed by atoms with Crippen molar-refractivity contribution < 1.29 is 9.84 Å². The molecule has 0 fully saturated rings. The van der Waals surface area contributed by atoms with Gasteiger partial charge in [0.15, 0.2) is 0 Å². The van der Waals surface area contributed by atoms with Crippen LogP contribution in [0.1, 0.15) is 136 Å². The predicted molar refractivity (Wildman–Crippen MR) is 116 cm³/mol. The summed E-state index contributed by atoms with van der Waals surface area (Å²) in [7, 11) is 0. The first-order valence-corrected chi connectivity index (χ1v) is 12.0.